The van der Waals surface area contributed by atoms with E-state index in [1.165, 1.54) is 6.20 Å². The van der Waals surface area contributed by atoms with E-state index in [0.29, 0.717) is 10.0 Å². The Hall–Kier alpha value is -2.17. The number of benzene rings is 2. The van der Waals surface area contributed by atoms with E-state index in [2.05, 4.69) is 5.32 Å². The molecule has 0 atom stereocenters. The Bertz CT molecular complexity index is 699. The molecule has 0 bridgehead atoms. The Labute approximate surface area is 144 Å². The molecule has 23 heavy (non-hydrogen) atoms. The third-order valence-electron chi connectivity index (χ3n) is 2.96. The zero-order valence-corrected chi connectivity index (χ0v) is 13.9. The molecule has 2 aromatic rings. The van der Waals surface area contributed by atoms with Crippen LogP contribution in [0.2, 0.25) is 10.0 Å². The van der Waals surface area contributed by atoms with Crippen LogP contribution in [0.4, 0.5) is 4.79 Å². The Morgan fingerprint density at radius 1 is 1.17 bits per heavy atom. The number of nitrogens with one attached hydrogen (secondary N) is 1. The highest BCUT2D eigenvalue weighted by atomic mass is 35.5. The van der Waals surface area contributed by atoms with Gasteiger partial charge in [-0.2, -0.15) is 0 Å². The molecule has 0 aliphatic heterocycles. The number of amides is 1. The summed E-state index contributed by atoms with van der Waals surface area (Å²) < 4.78 is 10.2. The van der Waals surface area contributed by atoms with Crippen LogP contribution in [0.5, 0.6) is 5.75 Å². The summed E-state index contributed by atoms with van der Waals surface area (Å²) >= 11 is 11.8. The minimum absolute atomic E-state index is 0.172. The molecule has 0 spiro atoms. The minimum atomic E-state index is -0.554. The first-order valence-corrected chi connectivity index (χ1v) is 7.52. The number of carbonyl (C=O) groups is 1. The van der Waals surface area contributed by atoms with Gasteiger partial charge in [-0.05, 0) is 41.5 Å². The van der Waals surface area contributed by atoms with Crippen LogP contribution < -0.4 is 10.1 Å². The lowest BCUT2D eigenvalue weighted by Crippen LogP contribution is -2.18. The van der Waals surface area contributed by atoms with Gasteiger partial charge in [0.2, 0.25) is 0 Å². The van der Waals surface area contributed by atoms with Gasteiger partial charge in [-0.1, -0.05) is 41.4 Å². The summed E-state index contributed by atoms with van der Waals surface area (Å²) in [4.78, 5) is 11.6. The van der Waals surface area contributed by atoms with E-state index in [9.17, 15) is 4.79 Å². The first kappa shape index (κ1) is 17.2. The molecule has 0 radical (unpaired) electrons. The van der Waals surface area contributed by atoms with E-state index in [1.807, 2.05) is 12.1 Å². The molecule has 0 aliphatic rings. The molecular weight excluding hydrogens is 337 g/mol. The lowest BCUT2D eigenvalue weighted by atomic mass is 10.2. The third kappa shape index (κ3) is 5.51. The fourth-order valence-corrected chi connectivity index (χ4v) is 2.22. The number of methoxy groups -OCH3 is 1. The summed E-state index contributed by atoms with van der Waals surface area (Å²) in [6, 6.07) is 12.4. The molecule has 120 valence electrons. The molecule has 2 aromatic carbocycles. The molecular formula is C17H15Cl2NO3. The average molecular weight is 352 g/mol. The zero-order chi connectivity index (χ0) is 16.7. The maximum atomic E-state index is 11.6. The first-order chi connectivity index (χ1) is 11.1. The predicted molar refractivity (Wildman–Crippen MR) is 91.8 cm³/mol. The minimum Gasteiger partial charge on any atom is -0.497 e. The van der Waals surface area contributed by atoms with Crippen molar-refractivity contribution < 1.29 is 14.3 Å². The van der Waals surface area contributed by atoms with E-state index in [1.54, 1.807) is 43.5 Å². The number of ether oxygens (including phenoxy) is 2. The number of carbonyl (C=O) groups excluding carboxylic acids is 1. The fraction of sp³-hybridized carbons (Fsp3) is 0.118. The third-order valence-corrected chi connectivity index (χ3v) is 3.52. The lowest BCUT2D eigenvalue weighted by molar-refractivity contribution is 0.143. The zero-order valence-electron chi connectivity index (χ0n) is 12.4. The average Bonchev–Trinajstić information content (AvgIpc) is 2.55. The maximum absolute atomic E-state index is 11.6. The van der Waals surface area contributed by atoms with Gasteiger partial charge in [0.15, 0.2) is 0 Å². The van der Waals surface area contributed by atoms with Gasteiger partial charge in [0.25, 0.3) is 0 Å². The van der Waals surface area contributed by atoms with Gasteiger partial charge in [-0.3, -0.25) is 5.32 Å². The second-order valence-electron chi connectivity index (χ2n) is 4.57. The summed E-state index contributed by atoms with van der Waals surface area (Å²) in [5, 5.41) is 3.56. The maximum Gasteiger partial charge on any atom is 0.411 e. The van der Waals surface area contributed by atoms with E-state index >= 15 is 0 Å². The van der Waals surface area contributed by atoms with Gasteiger partial charge >= 0.3 is 6.09 Å². The number of rotatable bonds is 5. The van der Waals surface area contributed by atoms with Crippen molar-refractivity contribution in [2.24, 2.45) is 0 Å². The topological polar surface area (TPSA) is 47.6 Å². The van der Waals surface area contributed by atoms with Crippen molar-refractivity contribution in [3.63, 3.8) is 0 Å². The Balaban J connectivity index is 1.81. The highest BCUT2D eigenvalue weighted by molar-refractivity contribution is 6.35. The Morgan fingerprint density at radius 3 is 2.57 bits per heavy atom. The molecule has 1 N–H and O–H groups in total. The number of hydrogen-bond acceptors (Lipinski definition) is 3. The number of halogens is 2. The van der Waals surface area contributed by atoms with Crippen LogP contribution in [-0.2, 0) is 11.3 Å². The summed E-state index contributed by atoms with van der Waals surface area (Å²) in [5.74, 6) is 0.751. The molecule has 0 saturated heterocycles. The van der Waals surface area contributed by atoms with E-state index in [-0.39, 0.29) is 6.61 Å². The molecule has 2 rings (SSSR count). The van der Waals surface area contributed by atoms with Crippen LogP contribution in [0.15, 0.2) is 48.7 Å². The van der Waals surface area contributed by atoms with Crippen molar-refractivity contribution in [3.8, 4) is 5.75 Å². The van der Waals surface area contributed by atoms with Crippen molar-refractivity contribution in [2.45, 2.75) is 6.61 Å². The number of alkyl carbamates (subject to hydrolysis) is 1. The van der Waals surface area contributed by atoms with Gasteiger partial charge in [0.05, 0.1) is 7.11 Å². The molecule has 0 aromatic heterocycles. The molecule has 1 amide bonds. The molecule has 0 saturated carbocycles. The second-order valence-corrected chi connectivity index (χ2v) is 5.41. The molecule has 0 aliphatic carbocycles. The van der Waals surface area contributed by atoms with Crippen LogP contribution >= 0.6 is 23.2 Å². The second kappa shape index (κ2) is 8.46. The van der Waals surface area contributed by atoms with Crippen molar-refractivity contribution in [1.29, 1.82) is 0 Å². The molecule has 0 unspecified atom stereocenters. The van der Waals surface area contributed by atoms with E-state index in [4.69, 9.17) is 32.7 Å². The van der Waals surface area contributed by atoms with Crippen molar-refractivity contribution in [1.82, 2.24) is 5.32 Å². The Morgan fingerprint density at radius 2 is 1.91 bits per heavy atom. The van der Waals surface area contributed by atoms with Crippen molar-refractivity contribution in [3.05, 3.63) is 69.8 Å². The molecule has 6 heteroatoms. The van der Waals surface area contributed by atoms with Crippen molar-refractivity contribution >= 4 is 35.4 Å². The van der Waals surface area contributed by atoms with Gasteiger partial charge in [0.1, 0.15) is 12.4 Å². The highest BCUT2D eigenvalue weighted by Crippen LogP contribution is 2.21. The first-order valence-electron chi connectivity index (χ1n) is 6.76. The molecule has 4 nitrogen and oxygen atoms in total. The molecule has 0 heterocycles. The van der Waals surface area contributed by atoms with E-state index in [0.717, 1.165) is 16.9 Å². The monoisotopic (exact) mass is 351 g/mol. The predicted octanol–water partition coefficient (Wildman–Crippen LogP) is 4.90. The van der Waals surface area contributed by atoms with Gasteiger partial charge < -0.3 is 9.47 Å². The van der Waals surface area contributed by atoms with Crippen LogP contribution in [0.3, 0.4) is 0 Å². The van der Waals surface area contributed by atoms with Gasteiger partial charge in [-0.25, -0.2) is 4.79 Å². The summed E-state index contributed by atoms with van der Waals surface area (Å²) in [6.45, 7) is 0.172. The quantitative estimate of drug-likeness (QED) is 0.833. The van der Waals surface area contributed by atoms with Crippen LogP contribution in [0, 0.1) is 0 Å². The lowest BCUT2D eigenvalue weighted by Gasteiger charge is -2.05. The van der Waals surface area contributed by atoms with Gasteiger partial charge in [0, 0.05) is 16.2 Å². The highest BCUT2D eigenvalue weighted by Gasteiger charge is 2.01. The summed E-state index contributed by atoms with van der Waals surface area (Å²) in [6.07, 6.45) is 2.57. The summed E-state index contributed by atoms with van der Waals surface area (Å²) in [7, 11) is 1.60. The standard InChI is InChI=1S/C17H15Cl2NO3/c1-22-15-6-2-12(3-7-15)11-23-17(21)20-9-8-13-4-5-14(18)10-16(13)19/h2-10H,11H2,1H3,(H,20,21). The van der Waals surface area contributed by atoms with E-state index < -0.39 is 6.09 Å². The normalized spacial score (nSPS) is 10.6. The van der Waals surface area contributed by atoms with Crippen LogP contribution in [-0.4, -0.2) is 13.2 Å². The van der Waals surface area contributed by atoms with Crippen molar-refractivity contribution in [2.75, 3.05) is 7.11 Å². The fourth-order valence-electron chi connectivity index (χ4n) is 1.75. The smallest absolute Gasteiger partial charge is 0.411 e. The SMILES string of the molecule is COc1ccc(COC(=O)NC=Cc2ccc(Cl)cc2Cl)cc1. The van der Waals surface area contributed by atoms with Gasteiger partial charge in [-0.15, -0.1) is 0 Å². The molecule has 0 fully saturated rings. The number of hydrogen-bond donors (Lipinski definition) is 1. The Kier molecular flexibility index (Phi) is 6.32. The largest absolute Gasteiger partial charge is 0.497 e. The van der Waals surface area contributed by atoms with Crippen LogP contribution in [0.25, 0.3) is 6.08 Å². The summed E-state index contributed by atoms with van der Waals surface area (Å²) in [5.41, 5.74) is 1.61. The van der Waals surface area contributed by atoms with Crippen LogP contribution in [0.1, 0.15) is 11.1 Å².